The van der Waals surface area contributed by atoms with Gasteiger partial charge in [0.2, 0.25) is 0 Å². The van der Waals surface area contributed by atoms with Gasteiger partial charge in [-0.25, -0.2) is 0 Å². The fourth-order valence-corrected chi connectivity index (χ4v) is 1.17. The Morgan fingerprint density at radius 1 is 1.54 bits per heavy atom. The lowest BCUT2D eigenvalue weighted by Gasteiger charge is -2.03. The van der Waals surface area contributed by atoms with Crippen LogP contribution in [0.2, 0.25) is 0 Å². The summed E-state index contributed by atoms with van der Waals surface area (Å²) in [5.74, 6) is 0.299. The number of aliphatic imine (C=N–C) groups is 1. The Morgan fingerprint density at radius 2 is 2.31 bits per heavy atom. The molecule has 2 nitrogen and oxygen atoms in total. The van der Waals surface area contributed by atoms with E-state index in [1.807, 2.05) is 18.2 Å². The molecular weight excluding hydrogens is 162 g/mol. The molecule has 2 heteroatoms. The average molecular weight is 175 g/mol. The molecule has 0 saturated carbocycles. The number of hydrogen-bond donors (Lipinski definition) is 1. The van der Waals surface area contributed by atoms with E-state index in [4.69, 9.17) is 0 Å². The number of aromatic hydroxyl groups is 1. The summed E-state index contributed by atoms with van der Waals surface area (Å²) in [5, 5.41) is 9.71. The van der Waals surface area contributed by atoms with Crippen LogP contribution in [0.25, 0.3) is 0 Å². The zero-order valence-electron chi connectivity index (χ0n) is 7.70. The molecule has 0 unspecified atom stereocenters. The van der Waals surface area contributed by atoms with Crippen molar-refractivity contribution in [3.05, 3.63) is 42.0 Å². The fourth-order valence-electron chi connectivity index (χ4n) is 1.17. The second-order valence-corrected chi connectivity index (χ2v) is 2.74. The highest BCUT2D eigenvalue weighted by Gasteiger charge is 2.02. The highest BCUT2D eigenvalue weighted by Crippen LogP contribution is 2.21. The Labute approximate surface area is 78.3 Å². The van der Waals surface area contributed by atoms with Crippen molar-refractivity contribution in [3.63, 3.8) is 0 Å². The van der Waals surface area contributed by atoms with Crippen molar-refractivity contribution >= 4 is 6.21 Å². The number of para-hydroxylation sites is 1. The predicted molar refractivity (Wildman–Crippen MR) is 55.5 cm³/mol. The lowest BCUT2D eigenvalue weighted by Crippen LogP contribution is -1.88. The normalized spacial score (nSPS) is 10.5. The zero-order chi connectivity index (χ0) is 9.68. The summed E-state index contributed by atoms with van der Waals surface area (Å²) < 4.78 is 0. The predicted octanol–water partition coefficient (Wildman–Crippen LogP) is 2.17. The van der Waals surface area contributed by atoms with Crippen molar-refractivity contribution in [1.29, 1.82) is 0 Å². The van der Waals surface area contributed by atoms with E-state index in [1.54, 1.807) is 19.3 Å². The van der Waals surface area contributed by atoms with Gasteiger partial charge in [-0.3, -0.25) is 4.99 Å². The molecule has 68 valence electrons. The van der Waals surface area contributed by atoms with E-state index in [-0.39, 0.29) is 0 Å². The molecule has 1 N–H and O–H groups in total. The second-order valence-electron chi connectivity index (χ2n) is 2.74. The van der Waals surface area contributed by atoms with Gasteiger partial charge in [-0.2, -0.15) is 0 Å². The first-order valence-corrected chi connectivity index (χ1v) is 4.13. The van der Waals surface area contributed by atoms with Crippen molar-refractivity contribution in [2.24, 2.45) is 4.99 Å². The number of allylic oxidation sites excluding steroid dienone is 1. The van der Waals surface area contributed by atoms with Crippen molar-refractivity contribution in [3.8, 4) is 5.75 Å². The van der Waals surface area contributed by atoms with Crippen LogP contribution < -0.4 is 0 Å². The maximum Gasteiger partial charge on any atom is 0.127 e. The van der Waals surface area contributed by atoms with Crippen LogP contribution in [0.15, 0.2) is 35.8 Å². The van der Waals surface area contributed by atoms with Gasteiger partial charge in [0.25, 0.3) is 0 Å². The number of benzene rings is 1. The molecule has 0 bridgehead atoms. The van der Waals surface area contributed by atoms with Crippen LogP contribution in [-0.4, -0.2) is 18.4 Å². The molecular formula is C11H13NO. The van der Waals surface area contributed by atoms with Crippen molar-refractivity contribution < 1.29 is 5.11 Å². The van der Waals surface area contributed by atoms with E-state index >= 15 is 0 Å². The summed E-state index contributed by atoms with van der Waals surface area (Å²) in [4.78, 5) is 3.86. The molecule has 0 amide bonds. The Morgan fingerprint density at radius 3 is 2.92 bits per heavy atom. The number of phenolic OH excluding ortho intramolecular Hbond substituents is 1. The molecule has 0 atom stereocenters. The van der Waals surface area contributed by atoms with Crippen molar-refractivity contribution in [1.82, 2.24) is 0 Å². The third kappa shape index (κ3) is 2.18. The van der Waals surface area contributed by atoms with E-state index in [0.717, 1.165) is 11.1 Å². The minimum absolute atomic E-state index is 0.299. The molecule has 0 heterocycles. The molecule has 0 aromatic heterocycles. The number of phenols is 1. The van der Waals surface area contributed by atoms with Gasteiger partial charge in [-0.15, -0.1) is 6.58 Å². The van der Waals surface area contributed by atoms with Crippen LogP contribution in [0.3, 0.4) is 0 Å². The average Bonchev–Trinajstić information content (AvgIpc) is 2.13. The van der Waals surface area contributed by atoms with Gasteiger partial charge in [0.05, 0.1) is 0 Å². The standard InChI is InChI=1S/C11H13NO/c1-3-5-9-6-4-7-10(8-12-2)11(9)13/h3-4,6-8,13H,1,5H2,2H3. The van der Waals surface area contributed by atoms with Crippen LogP contribution in [0.4, 0.5) is 0 Å². The molecule has 0 saturated heterocycles. The van der Waals surface area contributed by atoms with E-state index in [0.29, 0.717) is 12.2 Å². The van der Waals surface area contributed by atoms with Gasteiger partial charge in [-0.05, 0) is 18.1 Å². The third-order valence-electron chi connectivity index (χ3n) is 1.78. The lowest BCUT2D eigenvalue weighted by molar-refractivity contribution is 0.469. The molecule has 0 aliphatic rings. The molecule has 0 fully saturated rings. The second kappa shape index (κ2) is 4.45. The maximum atomic E-state index is 9.71. The van der Waals surface area contributed by atoms with E-state index < -0.39 is 0 Å². The van der Waals surface area contributed by atoms with Gasteiger partial charge in [0.1, 0.15) is 5.75 Å². The Hall–Kier alpha value is -1.57. The minimum Gasteiger partial charge on any atom is -0.507 e. The smallest absolute Gasteiger partial charge is 0.127 e. The Bertz CT molecular complexity index is 329. The van der Waals surface area contributed by atoms with Crippen LogP contribution in [-0.2, 0) is 6.42 Å². The van der Waals surface area contributed by atoms with Gasteiger partial charge >= 0.3 is 0 Å². The fraction of sp³-hybridized carbons (Fsp3) is 0.182. The summed E-state index contributed by atoms with van der Waals surface area (Å²) in [6.07, 6.45) is 4.08. The third-order valence-corrected chi connectivity index (χ3v) is 1.78. The molecule has 0 aliphatic carbocycles. The van der Waals surface area contributed by atoms with Crippen LogP contribution in [0.5, 0.6) is 5.75 Å². The summed E-state index contributed by atoms with van der Waals surface area (Å²) in [7, 11) is 1.68. The number of rotatable bonds is 3. The zero-order valence-corrected chi connectivity index (χ0v) is 7.70. The molecule has 1 rings (SSSR count). The summed E-state index contributed by atoms with van der Waals surface area (Å²) in [6, 6.07) is 5.61. The number of hydrogen-bond acceptors (Lipinski definition) is 2. The highest BCUT2D eigenvalue weighted by atomic mass is 16.3. The van der Waals surface area contributed by atoms with Crippen LogP contribution in [0, 0.1) is 0 Å². The van der Waals surface area contributed by atoms with E-state index in [9.17, 15) is 5.11 Å². The van der Waals surface area contributed by atoms with Crippen molar-refractivity contribution in [2.75, 3.05) is 7.05 Å². The lowest BCUT2D eigenvalue weighted by atomic mass is 10.1. The molecule has 0 aliphatic heterocycles. The molecule has 1 aromatic rings. The highest BCUT2D eigenvalue weighted by molar-refractivity contribution is 5.83. The molecule has 0 radical (unpaired) electrons. The SMILES string of the molecule is C=CCc1cccc(C=NC)c1O. The molecule has 1 aromatic carbocycles. The first kappa shape index (κ1) is 9.52. The Balaban J connectivity index is 3.09. The summed E-state index contributed by atoms with van der Waals surface area (Å²) in [5.41, 5.74) is 1.63. The van der Waals surface area contributed by atoms with Gasteiger partial charge < -0.3 is 5.11 Å². The summed E-state index contributed by atoms with van der Waals surface area (Å²) in [6.45, 7) is 3.63. The summed E-state index contributed by atoms with van der Waals surface area (Å²) >= 11 is 0. The molecule has 0 spiro atoms. The topological polar surface area (TPSA) is 32.6 Å². The first-order chi connectivity index (χ1) is 6.29. The van der Waals surface area contributed by atoms with Crippen LogP contribution in [0.1, 0.15) is 11.1 Å². The van der Waals surface area contributed by atoms with Gasteiger partial charge in [0, 0.05) is 18.8 Å². The van der Waals surface area contributed by atoms with Crippen LogP contribution >= 0.6 is 0 Å². The van der Waals surface area contributed by atoms with E-state index in [1.165, 1.54) is 0 Å². The Kier molecular flexibility index (Phi) is 3.26. The number of nitrogens with zero attached hydrogens (tertiary/aromatic N) is 1. The minimum atomic E-state index is 0.299. The van der Waals surface area contributed by atoms with E-state index in [2.05, 4.69) is 11.6 Å². The largest absolute Gasteiger partial charge is 0.507 e. The van der Waals surface area contributed by atoms with Crippen molar-refractivity contribution in [2.45, 2.75) is 6.42 Å². The first-order valence-electron chi connectivity index (χ1n) is 4.13. The van der Waals surface area contributed by atoms with Gasteiger partial charge in [-0.1, -0.05) is 18.2 Å². The van der Waals surface area contributed by atoms with Gasteiger partial charge in [0.15, 0.2) is 0 Å². The monoisotopic (exact) mass is 175 g/mol. The quantitative estimate of drug-likeness (QED) is 0.554. The maximum absolute atomic E-state index is 9.71. The molecule has 13 heavy (non-hydrogen) atoms.